The predicted molar refractivity (Wildman–Crippen MR) is 111 cm³/mol. The van der Waals surface area contributed by atoms with E-state index in [4.69, 9.17) is 0 Å². The van der Waals surface area contributed by atoms with Gasteiger partial charge in [0.25, 0.3) is 0 Å². The normalized spacial score (nSPS) is 21.0. The summed E-state index contributed by atoms with van der Waals surface area (Å²) in [5.74, 6) is 0.524. The van der Waals surface area contributed by atoms with Crippen LogP contribution in [0.3, 0.4) is 0 Å². The van der Waals surface area contributed by atoms with Crippen LogP contribution in [0.1, 0.15) is 31.7 Å². The lowest BCUT2D eigenvalue weighted by molar-refractivity contribution is -0.137. The van der Waals surface area contributed by atoms with Crippen LogP contribution in [0.25, 0.3) is 11.3 Å². The maximum Gasteiger partial charge on any atom is 0.416 e. The second-order valence-electron chi connectivity index (χ2n) is 8.37. The second kappa shape index (κ2) is 7.04. The smallest absolute Gasteiger partial charge is 0.366 e. The Balaban J connectivity index is 0.00000218. The Morgan fingerprint density at radius 2 is 2.00 bits per heavy atom. The Morgan fingerprint density at radius 1 is 1.23 bits per heavy atom. The number of aromatic nitrogens is 1. The van der Waals surface area contributed by atoms with Gasteiger partial charge in [0.1, 0.15) is 0 Å². The number of fused-ring (bicyclic) bond motifs is 4. The number of hydrogen-bond donors (Lipinski definition) is 1. The number of nitrogens with one attached hydrogen (secondary N) is 1. The van der Waals surface area contributed by atoms with Crippen molar-refractivity contribution in [3.8, 4) is 11.3 Å². The molecule has 5 nitrogen and oxygen atoms in total. The second-order valence-corrected chi connectivity index (χ2v) is 8.37. The number of anilines is 2. The average molecular weight is 439 g/mol. The number of urea groups is 1. The summed E-state index contributed by atoms with van der Waals surface area (Å²) in [6.45, 7) is 3.61. The third-order valence-corrected chi connectivity index (χ3v) is 6.07. The molecule has 1 atom stereocenters. The summed E-state index contributed by atoms with van der Waals surface area (Å²) in [6.07, 6.45) is -1.66. The Bertz CT molecular complexity index is 992. The molecule has 2 aromatic rings. The summed E-state index contributed by atoms with van der Waals surface area (Å²) in [4.78, 5) is 21.6. The van der Waals surface area contributed by atoms with Crippen molar-refractivity contribution < 1.29 is 18.0 Å². The van der Waals surface area contributed by atoms with Crippen molar-refractivity contribution in [1.82, 2.24) is 10.3 Å². The Morgan fingerprint density at radius 3 is 2.70 bits per heavy atom. The van der Waals surface area contributed by atoms with E-state index in [1.165, 1.54) is 6.07 Å². The molecule has 1 aromatic heterocycles. The number of pyridine rings is 1. The zero-order valence-electron chi connectivity index (χ0n) is 16.4. The van der Waals surface area contributed by atoms with Crippen molar-refractivity contribution in [2.24, 2.45) is 0 Å². The SMILES string of the molecule is CC1(NC(=O)N2c3nc(-c4cccc(C(F)(F)F)c4)ccc3N3CC[C@H]2C3)CC1.Cl. The van der Waals surface area contributed by atoms with Crippen molar-refractivity contribution in [2.45, 2.75) is 43.9 Å². The number of nitrogens with zero attached hydrogens (tertiary/aromatic N) is 3. The van der Waals surface area contributed by atoms with E-state index >= 15 is 0 Å². The number of benzene rings is 1. The number of carbonyl (C=O) groups excluding carboxylic acids is 1. The van der Waals surface area contributed by atoms with Gasteiger partial charge in [-0.3, -0.25) is 4.90 Å². The van der Waals surface area contributed by atoms with Crippen molar-refractivity contribution in [2.75, 3.05) is 22.9 Å². The zero-order valence-corrected chi connectivity index (χ0v) is 17.2. The molecule has 9 heteroatoms. The van der Waals surface area contributed by atoms with Crippen LogP contribution in [0.5, 0.6) is 0 Å². The van der Waals surface area contributed by atoms with Crippen LogP contribution >= 0.6 is 12.4 Å². The van der Waals surface area contributed by atoms with E-state index in [-0.39, 0.29) is 30.0 Å². The molecule has 160 valence electrons. The highest BCUT2D eigenvalue weighted by atomic mass is 35.5. The monoisotopic (exact) mass is 438 g/mol. The number of halogens is 4. The van der Waals surface area contributed by atoms with Crippen molar-refractivity contribution >= 4 is 29.9 Å². The van der Waals surface area contributed by atoms with Crippen LogP contribution in [0.2, 0.25) is 0 Å². The van der Waals surface area contributed by atoms with Gasteiger partial charge in [0.15, 0.2) is 5.82 Å². The third-order valence-electron chi connectivity index (χ3n) is 6.07. The van der Waals surface area contributed by atoms with Gasteiger partial charge in [-0.1, -0.05) is 12.1 Å². The van der Waals surface area contributed by atoms with Gasteiger partial charge in [0.2, 0.25) is 0 Å². The quantitative estimate of drug-likeness (QED) is 0.729. The molecule has 2 fully saturated rings. The maximum absolute atomic E-state index is 13.1. The van der Waals surface area contributed by atoms with Gasteiger partial charge in [-0.15, -0.1) is 12.4 Å². The van der Waals surface area contributed by atoms with Crippen molar-refractivity contribution in [3.63, 3.8) is 0 Å². The molecular weight excluding hydrogens is 417 g/mol. The molecular formula is C21H22ClF3N4O. The minimum atomic E-state index is -4.42. The van der Waals surface area contributed by atoms with Crippen LogP contribution in [0, 0.1) is 0 Å². The minimum Gasteiger partial charge on any atom is -0.366 e. The Kier molecular flexibility index (Phi) is 4.88. The summed E-state index contributed by atoms with van der Waals surface area (Å²) >= 11 is 0. The van der Waals surface area contributed by atoms with E-state index in [2.05, 4.69) is 15.2 Å². The van der Waals surface area contributed by atoms with Crippen LogP contribution < -0.4 is 15.1 Å². The van der Waals surface area contributed by atoms with Gasteiger partial charge < -0.3 is 10.2 Å². The molecule has 1 saturated heterocycles. The highest BCUT2D eigenvalue weighted by Gasteiger charge is 2.45. The topological polar surface area (TPSA) is 48.5 Å². The van der Waals surface area contributed by atoms with E-state index in [1.807, 2.05) is 13.0 Å². The first-order valence-electron chi connectivity index (χ1n) is 9.79. The molecule has 1 N–H and O–H groups in total. The molecule has 0 spiro atoms. The predicted octanol–water partition coefficient (Wildman–Crippen LogP) is 4.85. The molecule has 2 amide bonds. The molecule has 30 heavy (non-hydrogen) atoms. The van der Waals surface area contributed by atoms with Gasteiger partial charge in [0.05, 0.1) is 23.0 Å². The highest BCUT2D eigenvalue weighted by molar-refractivity contribution is 5.97. The lowest BCUT2D eigenvalue weighted by Crippen LogP contribution is -2.53. The minimum absolute atomic E-state index is 0. The van der Waals surface area contributed by atoms with E-state index in [0.717, 1.165) is 50.2 Å². The molecule has 2 aliphatic heterocycles. The van der Waals surface area contributed by atoms with Crippen molar-refractivity contribution in [3.05, 3.63) is 42.0 Å². The molecule has 1 aliphatic carbocycles. The summed E-state index contributed by atoms with van der Waals surface area (Å²) in [7, 11) is 0. The van der Waals surface area contributed by atoms with Crippen molar-refractivity contribution in [1.29, 1.82) is 0 Å². The molecule has 0 unspecified atom stereocenters. The molecule has 1 aromatic carbocycles. The Labute approximate surface area is 178 Å². The van der Waals surface area contributed by atoms with Crippen LogP contribution in [-0.4, -0.2) is 35.7 Å². The molecule has 1 saturated carbocycles. The number of amides is 2. The summed E-state index contributed by atoms with van der Waals surface area (Å²) in [6, 6.07) is 8.57. The van der Waals surface area contributed by atoms with E-state index in [1.54, 1.807) is 17.0 Å². The summed E-state index contributed by atoms with van der Waals surface area (Å²) < 4.78 is 39.3. The maximum atomic E-state index is 13.1. The fraction of sp³-hybridized carbons (Fsp3) is 0.429. The molecule has 0 radical (unpaired) electrons. The first-order valence-corrected chi connectivity index (χ1v) is 9.79. The fourth-order valence-corrected chi connectivity index (χ4v) is 4.12. The molecule has 3 aliphatic rings. The zero-order chi connectivity index (χ0) is 20.4. The lowest BCUT2D eigenvalue weighted by atomic mass is 10.1. The number of hydrogen-bond acceptors (Lipinski definition) is 3. The Hall–Kier alpha value is -2.48. The third kappa shape index (κ3) is 3.57. The van der Waals surface area contributed by atoms with Crippen LogP contribution in [0.4, 0.5) is 29.5 Å². The van der Waals surface area contributed by atoms with Gasteiger partial charge in [-0.05, 0) is 50.5 Å². The first-order chi connectivity index (χ1) is 13.7. The molecule has 3 heterocycles. The van der Waals surface area contributed by atoms with Gasteiger partial charge in [-0.2, -0.15) is 13.2 Å². The largest absolute Gasteiger partial charge is 0.416 e. The summed E-state index contributed by atoms with van der Waals surface area (Å²) in [5.41, 5.74) is 0.782. The van der Waals surface area contributed by atoms with E-state index in [9.17, 15) is 18.0 Å². The fourth-order valence-electron chi connectivity index (χ4n) is 4.12. The van der Waals surface area contributed by atoms with Crippen LogP contribution in [0.15, 0.2) is 36.4 Å². The number of carbonyl (C=O) groups is 1. The number of alkyl halides is 3. The number of rotatable bonds is 2. The highest BCUT2D eigenvalue weighted by Crippen LogP contribution is 2.42. The molecule has 5 rings (SSSR count). The average Bonchev–Trinajstić information content (AvgIpc) is 3.26. The first kappa shape index (κ1) is 20.8. The van der Waals surface area contributed by atoms with Crippen LogP contribution in [-0.2, 0) is 6.18 Å². The standard InChI is InChI=1S/C21H21F3N4O.ClH/c1-20(8-9-20)26-19(29)28-15-7-10-27(12-15)17-6-5-16(25-18(17)28)13-3-2-4-14(11-13)21(22,23)24;/h2-6,11,15H,7-10,12H2,1H3,(H,26,29);1H/t15-;/m0./s1. The van der Waals surface area contributed by atoms with Gasteiger partial charge in [-0.25, -0.2) is 9.78 Å². The van der Waals surface area contributed by atoms with Gasteiger partial charge >= 0.3 is 12.2 Å². The summed E-state index contributed by atoms with van der Waals surface area (Å²) in [5, 5.41) is 3.09. The van der Waals surface area contributed by atoms with E-state index < -0.39 is 11.7 Å². The van der Waals surface area contributed by atoms with Gasteiger partial charge in [0, 0.05) is 24.2 Å². The lowest BCUT2D eigenvalue weighted by Gasteiger charge is -2.36. The molecule has 2 bridgehead atoms. The van der Waals surface area contributed by atoms with E-state index in [0.29, 0.717) is 17.1 Å².